The lowest BCUT2D eigenvalue weighted by molar-refractivity contribution is -0.129. The van der Waals surface area contributed by atoms with E-state index in [2.05, 4.69) is 10.1 Å². The second kappa shape index (κ2) is 9.35. The van der Waals surface area contributed by atoms with Crippen molar-refractivity contribution < 1.29 is 23.6 Å². The molecule has 0 aliphatic carbocycles. The Morgan fingerprint density at radius 1 is 1.24 bits per heavy atom. The van der Waals surface area contributed by atoms with Crippen LogP contribution >= 0.6 is 8.30 Å². The van der Waals surface area contributed by atoms with Gasteiger partial charge in [-0.15, -0.1) is 0 Å². The number of nitrogens with zero attached hydrogens (tertiary/aromatic N) is 2. The maximum atomic E-state index is 13.9. The third-order valence-electron chi connectivity index (χ3n) is 5.73. The van der Waals surface area contributed by atoms with Crippen LogP contribution in [-0.4, -0.2) is 41.5 Å². The van der Waals surface area contributed by atoms with Crippen LogP contribution in [0.5, 0.6) is 5.75 Å². The molecule has 2 unspecified atom stereocenters. The standard InChI is InChI=1S/C25H29FN3O4P/c1-6-33-34-19-10-8-7-9-17(19)27-23(28-34)20-21(30)22(25(2,3)4)29(24(20)31)14-15-11-12-16(26)18(13-15)32-5/h7-13,22,30H,6,14H2,1-5H3,(H,27,28). The van der Waals surface area contributed by atoms with Crippen molar-refractivity contribution >= 4 is 31.0 Å². The summed E-state index contributed by atoms with van der Waals surface area (Å²) < 4.78 is 24.9. The fourth-order valence-electron chi connectivity index (χ4n) is 4.29. The van der Waals surface area contributed by atoms with E-state index >= 15 is 0 Å². The summed E-state index contributed by atoms with van der Waals surface area (Å²) in [5, 5.41) is 15.5. The number of aliphatic hydroxyl groups excluding tert-OH is 1. The molecule has 0 radical (unpaired) electrons. The molecule has 2 aromatic rings. The van der Waals surface area contributed by atoms with Gasteiger partial charge in [-0.2, -0.15) is 0 Å². The Hall–Kier alpha value is -2.96. The molecule has 34 heavy (non-hydrogen) atoms. The van der Waals surface area contributed by atoms with Gasteiger partial charge < -0.3 is 24.4 Å². The van der Waals surface area contributed by atoms with Crippen molar-refractivity contribution in [3.05, 3.63) is 65.2 Å². The lowest BCUT2D eigenvalue weighted by Gasteiger charge is -2.35. The fraction of sp³-hybridized carbons (Fsp3) is 0.360. The molecule has 0 aromatic heterocycles. The zero-order valence-electron chi connectivity index (χ0n) is 19.9. The van der Waals surface area contributed by atoms with Crippen LogP contribution in [0.4, 0.5) is 10.1 Å². The number of rotatable bonds is 6. The molecule has 1 amide bonds. The highest BCUT2D eigenvalue weighted by atomic mass is 31.2. The maximum Gasteiger partial charge on any atom is 0.262 e. The van der Waals surface area contributed by atoms with Gasteiger partial charge in [0.05, 0.1) is 25.4 Å². The molecule has 0 bridgehead atoms. The number of carbonyl (C=O) groups is 1. The summed E-state index contributed by atoms with van der Waals surface area (Å²) in [6, 6.07) is 11.5. The first kappa shape index (κ1) is 24.2. The lowest BCUT2D eigenvalue weighted by Crippen LogP contribution is -2.43. The second-order valence-corrected chi connectivity index (χ2v) is 10.8. The van der Waals surface area contributed by atoms with Crippen LogP contribution in [0.3, 0.4) is 0 Å². The average Bonchev–Trinajstić information content (AvgIpc) is 3.04. The highest BCUT2D eigenvalue weighted by Gasteiger charge is 2.47. The molecule has 7 nitrogen and oxygen atoms in total. The van der Waals surface area contributed by atoms with E-state index in [1.54, 1.807) is 17.0 Å². The number of para-hydroxylation sites is 1. The molecule has 2 aliphatic heterocycles. The van der Waals surface area contributed by atoms with E-state index < -0.39 is 25.6 Å². The Kier molecular flexibility index (Phi) is 6.65. The first-order valence-corrected chi connectivity index (χ1v) is 12.4. The average molecular weight is 485 g/mol. The van der Waals surface area contributed by atoms with Crippen LogP contribution in [0.1, 0.15) is 33.3 Å². The van der Waals surface area contributed by atoms with Crippen molar-refractivity contribution in [1.29, 1.82) is 0 Å². The predicted octanol–water partition coefficient (Wildman–Crippen LogP) is 4.71. The molecular formula is C25H29FN3O4P. The smallest absolute Gasteiger partial charge is 0.262 e. The van der Waals surface area contributed by atoms with Crippen molar-refractivity contribution in [2.75, 3.05) is 13.7 Å². The van der Waals surface area contributed by atoms with Gasteiger partial charge in [0.1, 0.15) is 17.2 Å². The molecule has 9 heteroatoms. The maximum absolute atomic E-state index is 13.9. The highest BCUT2D eigenvalue weighted by Crippen LogP contribution is 2.43. The van der Waals surface area contributed by atoms with E-state index in [-0.39, 0.29) is 29.5 Å². The van der Waals surface area contributed by atoms with E-state index in [1.165, 1.54) is 13.2 Å². The summed E-state index contributed by atoms with van der Waals surface area (Å²) >= 11 is 0. The lowest BCUT2D eigenvalue weighted by atomic mass is 9.85. The van der Waals surface area contributed by atoms with Crippen LogP contribution in [0, 0.1) is 11.2 Å². The SMILES string of the molecule is CCOP1NC(C2=C(O)C(C(C)(C)C)N(Cc3ccc(F)c(OC)c3)C2=O)=Nc2ccccc21. The van der Waals surface area contributed by atoms with Gasteiger partial charge in [-0.25, -0.2) is 9.38 Å². The first-order valence-electron chi connectivity index (χ1n) is 11.1. The van der Waals surface area contributed by atoms with Gasteiger partial charge in [-0.05, 0) is 42.2 Å². The number of nitrogens with one attached hydrogen (secondary N) is 1. The van der Waals surface area contributed by atoms with Crippen LogP contribution < -0.4 is 15.1 Å². The number of amidine groups is 1. The molecule has 0 saturated heterocycles. The third-order valence-corrected chi connectivity index (χ3v) is 7.47. The van der Waals surface area contributed by atoms with Crippen molar-refractivity contribution in [3.63, 3.8) is 0 Å². The van der Waals surface area contributed by atoms with Crippen molar-refractivity contribution in [3.8, 4) is 5.75 Å². The number of carbonyl (C=O) groups excluding carboxylic acids is 1. The van der Waals surface area contributed by atoms with E-state index in [0.717, 1.165) is 5.30 Å². The number of aliphatic hydroxyl groups is 1. The number of halogens is 1. The zero-order chi connectivity index (χ0) is 24.6. The molecule has 2 aromatic carbocycles. The topological polar surface area (TPSA) is 83.4 Å². The van der Waals surface area contributed by atoms with Crippen LogP contribution in [0.2, 0.25) is 0 Å². The van der Waals surface area contributed by atoms with Crippen LogP contribution in [-0.2, 0) is 15.9 Å². The normalized spacial score (nSPS) is 20.2. The summed E-state index contributed by atoms with van der Waals surface area (Å²) in [5.74, 6) is -0.460. The number of hydrogen-bond donors (Lipinski definition) is 2. The van der Waals surface area contributed by atoms with E-state index in [0.29, 0.717) is 23.7 Å². The number of methoxy groups -OCH3 is 1. The van der Waals surface area contributed by atoms with Crippen molar-refractivity contribution in [2.24, 2.45) is 10.4 Å². The van der Waals surface area contributed by atoms with Crippen molar-refractivity contribution in [1.82, 2.24) is 9.99 Å². The van der Waals surface area contributed by atoms with E-state index in [1.807, 2.05) is 52.0 Å². The van der Waals surface area contributed by atoms with Crippen LogP contribution in [0.15, 0.2) is 58.8 Å². The summed E-state index contributed by atoms with van der Waals surface area (Å²) in [4.78, 5) is 20.0. The molecule has 0 saturated carbocycles. The zero-order valence-corrected chi connectivity index (χ0v) is 20.8. The minimum atomic E-state index is -1.25. The van der Waals surface area contributed by atoms with Crippen molar-refractivity contribution in [2.45, 2.75) is 40.3 Å². The Morgan fingerprint density at radius 2 is 1.97 bits per heavy atom. The van der Waals surface area contributed by atoms with Gasteiger partial charge in [0.25, 0.3) is 5.91 Å². The summed E-state index contributed by atoms with van der Waals surface area (Å²) in [6.07, 6.45) is 0. The predicted molar refractivity (Wildman–Crippen MR) is 131 cm³/mol. The van der Waals surface area contributed by atoms with E-state index in [4.69, 9.17) is 9.26 Å². The van der Waals surface area contributed by atoms with Gasteiger partial charge in [0, 0.05) is 11.8 Å². The number of fused-ring (bicyclic) bond motifs is 1. The number of amides is 1. The quantitative estimate of drug-likeness (QED) is 0.579. The molecule has 0 fully saturated rings. The number of hydrogen-bond acceptors (Lipinski definition) is 6. The molecule has 4 rings (SSSR count). The molecule has 2 N–H and O–H groups in total. The van der Waals surface area contributed by atoms with E-state index in [9.17, 15) is 14.3 Å². The number of ether oxygens (including phenoxy) is 1. The third kappa shape index (κ3) is 4.40. The summed E-state index contributed by atoms with van der Waals surface area (Å²) in [5.41, 5.74) is 1.06. The molecular weight excluding hydrogens is 456 g/mol. The minimum absolute atomic E-state index is 0.0383. The Labute approximate surface area is 200 Å². The monoisotopic (exact) mass is 485 g/mol. The number of aliphatic imine (C=N–C) groups is 1. The summed E-state index contributed by atoms with van der Waals surface area (Å²) in [7, 11) is 0.146. The van der Waals surface area contributed by atoms with Gasteiger partial charge in [0.15, 0.2) is 19.9 Å². The minimum Gasteiger partial charge on any atom is -0.509 e. The Balaban J connectivity index is 1.74. The Bertz CT molecular complexity index is 1170. The van der Waals surface area contributed by atoms with Gasteiger partial charge in [-0.3, -0.25) is 4.79 Å². The molecule has 2 atom stereocenters. The summed E-state index contributed by atoms with van der Waals surface area (Å²) in [6.45, 7) is 8.45. The highest BCUT2D eigenvalue weighted by molar-refractivity contribution is 7.60. The molecule has 2 aliphatic rings. The molecule has 2 heterocycles. The van der Waals surface area contributed by atoms with Gasteiger partial charge >= 0.3 is 0 Å². The molecule has 0 spiro atoms. The van der Waals surface area contributed by atoms with Gasteiger partial charge in [-0.1, -0.05) is 39.0 Å². The number of benzene rings is 2. The van der Waals surface area contributed by atoms with Gasteiger partial charge in [0.2, 0.25) is 0 Å². The largest absolute Gasteiger partial charge is 0.509 e. The first-order chi connectivity index (χ1) is 16.2. The fourth-order valence-corrected chi connectivity index (χ4v) is 5.78. The second-order valence-electron chi connectivity index (χ2n) is 9.20. The Morgan fingerprint density at radius 3 is 2.65 bits per heavy atom. The molecule has 180 valence electrons. The van der Waals surface area contributed by atoms with Crippen LogP contribution in [0.25, 0.3) is 0 Å².